The Kier molecular flexibility index (Phi) is 4.29. The van der Waals surface area contributed by atoms with Gasteiger partial charge in [-0.3, -0.25) is 4.79 Å². The van der Waals surface area contributed by atoms with E-state index in [0.717, 1.165) is 15.6 Å². The van der Waals surface area contributed by atoms with Crippen LogP contribution in [0.25, 0.3) is 11.1 Å². The largest absolute Gasteiger partial charge is 0.493 e. The summed E-state index contributed by atoms with van der Waals surface area (Å²) in [6, 6.07) is 10.8. The zero-order valence-electron chi connectivity index (χ0n) is 11.1. The molecule has 0 aromatic heterocycles. The van der Waals surface area contributed by atoms with Gasteiger partial charge in [-0.15, -0.1) is 0 Å². The van der Waals surface area contributed by atoms with E-state index in [1.54, 1.807) is 32.4 Å². The number of nitrogens with two attached hydrogens (primary N) is 1. The molecule has 0 aliphatic carbocycles. The lowest BCUT2D eigenvalue weighted by molar-refractivity contribution is 0.100. The molecule has 0 spiro atoms. The van der Waals surface area contributed by atoms with Crippen LogP contribution in [-0.2, 0) is 0 Å². The number of rotatable bonds is 4. The van der Waals surface area contributed by atoms with Crippen molar-refractivity contribution in [2.75, 3.05) is 14.2 Å². The maximum atomic E-state index is 11.5. The third-order valence-corrected chi connectivity index (χ3v) is 3.61. The van der Waals surface area contributed by atoms with Gasteiger partial charge in [0.05, 0.1) is 14.2 Å². The van der Waals surface area contributed by atoms with E-state index in [-0.39, 0.29) is 0 Å². The van der Waals surface area contributed by atoms with E-state index in [1.165, 1.54) is 0 Å². The highest BCUT2D eigenvalue weighted by Gasteiger charge is 2.15. The van der Waals surface area contributed by atoms with Gasteiger partial charge in [0.15, 0.2) is 11.5 Å². The van der Waals surface area contributed by atoms with Crippen molar-refractivity contribution in [3.63, 3.8) is 0 Å². The fourth-order valence-corrected chi connectivity index (χ4v) is 2.53. The number of carbonyl (C=O) groups excluding carboxylic acids is 1. The molecule has 0 heterocycles. The molecule has 1 amide bonds. The molecule has 0 saturated heterocycles. The van der Waals surface area contributed by atoms with E-state index in [9.17, 15) is 4.79 Å². The number of carbonyl (C=O) groups is 1. The Hall–Kier alpha value is -2.01. The average molecular weight is 336 g/mol. The van der Waals surface area contributed by atoms with Gasteiger partial charge in [-0.05, 0) is 23.8 Å². The predicted molar refractivity (Wildman–Crippen MR) is 81.2 cm³/mol. The number of benzene rings is 2. The van der Waals surface area contributed by atoms with E-state index in [0.29, 0.717) is 17.1 Å². The second kappa shape index (κ2) is 5.96. The molecule has 0 saturated carbocycles. The Balaban J connectivity index is 2.67. The van der Waals surface area contributed by atoms with Crippen LogP contribution in [0.2, 0.25) is 0 Å². The summed E-state index contributed by atoms with van der Waals surface area (Å²) in [5.41, 5.74) is 7.44. The van der Waals surface area contributed by atoms with E-state index >= 15 is 0 Å². The van der Waals surface area contributed by atoms with Gasteiger partial charge in [0.25, 0.3) is 0 Å². The minimum atomic E-state index is -0.470. The summed E-state index contributed by atoms with van der Waals surface area (Å²) in [6.45, 7) is 0. The summed E-state index contributed by atoms with van der Waals surface area (Å²) in [5.74, 6) is 0.729. The Morgan fingerprint density at radius 2 is 1.65 bits per heavy atom. The molecule has 2 aromatic rings. The van der Waals surface area contributed by atoms with Crippen LogP contribution in [0.5, 0.6) is 11.5 Å². The van der Waals surface area contributed by atoms with Crippen LogP contribution in [0.4, 0.5) is 0 Å². The SMILES string of the molecule is COc1cc(Br)c(-c2ccccc2C(N)=O)cc1OC. The molecule has 104 valence electrons. The Labute approximate surface area is 125 Å². The van der Waals surface area contributed by atoms with Crippen molar-refractivity contribution in [1.82, 2.24) is 0 Å². The molecule has 5 heteroatoms. The quantitative estimate of drug-likeness (QED) is 0.932. The first-order valence-corrected chi connectivity index (χ1v) is 6.68. The van der Waals surface area contributed by atoms with Gasteiger partial charge in [-0.25, -0.2) is 0 Å². The highest BCUT2D eigenvalue weighted by atomic mass is 79.9. The lowest BCUT2D eigenvalue weighted by Gasteiger charge is -2.13. The van der Waals surface area contributed by atoms with E-state index < -0.39 is 5.91 Å². The van der Waals surface area contributed by atoms with Crippen LogP contribution in [-0.4, -0.2) is 20.1 Å². The lowest BCUT2D eigenvalue weighted by Crippen LogP contribution is -2.12. The molecule has 0 unspecified atom stereocenters. The van der Waals surface area contributed by atoms with Gasteiger partial charge in [0, 0.05) is 15.6 Å². The van der Waals surface area contributed by atoms with E-state index in [2.05, 4.69) is 15.9 Å². The van der Waals surface area contributed by atoms with Crippen molar-refractivity contribution < 1.29 is 14.3 Å². The Morgan fingerprint density at radius 1 is 1.05 bits per heavy atom. The van der Waals surface area contributed by atoms with Crippen molar-refractivity contribution >= 4 is 21.8 Å². The maximum Gasteiger partial charge on any atom is 0.249 e. The zero-order chi connectivity index (χ0) is 14.7. The number of methoxy groups -OCH3 is 2. The van der Waals surface area contributed by atoms with Crippen LogP contribution in [0.1, 0.15) is 10.4 Å². The van der Waals surface area contributed by atoms with Crippen molar-refractivity contribution in [3.8, 4) is 22.6 Å². The molecular formula is C15H14BrNO3. The number of hydrogen-bond acceptors (Lipinski definition) is 3. The summed E-state index contributed by atoms with van der Waals surface area (Å²) >= 11 is 3.48. The molecule has 0 atom stereocenters. The van der Waals surface area contributed by atoms with Crippen molar-refractivity contribution in [2.24, 2.45) is 5.73 Å². The summed E-state index contributed by atoms with van der Waals surface area (Å²) in [7, 11) is 3.14. The second-order valence-corrected chi connectivity index (χ2v) is 4.95. The van der Waals surface area contributed by atoms with Crippen molar-refractivity contribution in [1.29, 1.82) is 0 Å². The molecule has 2 N–H and O–H groups in total. The monoisotopic (exact) mass is 335 g/mol. The van der Waals surface area contributed by atoms with E-state index in [4.69, 9.17) is 15.2 Å². The van der Waals surface area contributed by atoms with Crippen LogP contribution < -0.4 is 15.2 Å². The average Bonchev–Trinajstić information content (AvgIpc) is 2.46. The first-order valence-electron chi connectivity index (χ1n) is 5.89. The summed E-state index contributed by atoms with van der Waals surface area (Å²) in [4.78, 5) is 11.5. The fourth-order valence-electron chi connectivity index (χ4n) is 1.99. The summed E-state index contributed by atoms with van der Waals surface area (Å²) in [6.07, 6.45) is 0. The molecule has 0 bridgehead atoms. The van der Waals surface area contributed by atoms with Crippen LogP contribution in [0.3, 0.4) is 0 Å². The molecule has 2 aromatic carbocycles. The first-order chi connectivity index (χ1) is 9.58. The van der Waals surface area contributed by atoms with Crippen molar-refractivity contribution in [3.05, 3.63) is 46.4 Å². The standard InChI is InChI=1S/C15H14BrNO3/c1-19-13-7-11(12(16)8-14(13)20-2)9-5-3-4-6-10(9)15(17)18/h3-8H,1-2H3,(H2,17,18). The van der Waals surface area contributed by atoms with Gasteiger partial charge in [-0.2, -0.15) is 0 Å². The van der Waals surface area contributed by atoms with Gasteiger partial charge in [-0.1, -0.05) is 34.1 Å². The Morgan fingerprint density at radius 3 is 2.25 bits per heavy atom. The molecule has 4 nitrogen and oxygen atoms in total. The van der Waals surface area contributed by atoms with Crippen LogP contribution in [0, 0.1) is 0 Å². The van der Waals surface area contributed by atoms with Gasteiger partial charge in [0.2, 0.25) is 5.91 Å². The number of halogens is 1. The van der Waals surface area contributed by atoms with Crippen LogP contribution >= 0.6 is 15.9 Å². The molecule has 20 heavy (non-hydrogen) atoms. The number of ether oxygens (including phenoxy) is 2. The second-order valence-electron chi connectivity index (χ2n) is 4.10. The highest BCUT2D eigenvalue weighted by Crippen LogP contribution is 2.39. The summed E-state index contributed by atoms with van der Waals surface area (Å²) in [5, 5.41) is 0. The maximum absolute atomic E-state index is 11.5. The van der Waals surface area contributed by atoms with E-state index in [1.807, 2.05) is 18.2 Å². The molecule has 0 fully saturated rings. The number of amides is 1. The van der Waals surface area contributed by atoms with Crippen molar-refractivity contribution in [2.45, 2.75) is 0 Å². The molecule has 0 radical (unpaired) electrons. The third-order valence-electron chi connectivity index (χ3n) is 2.96. The smallest absolute Gasteiger partial charge is 0.249 e. The van der Waals surface area contributed by atoms with Crippen LogP contribution in [0.15, 0.2) is 40.9 Å². The number of primary amides is 1. The fraction of sp³-hybridized carbons (Fsp3) is 0.133. The molecule has 2 rings (SSSR count). The van der Waals surface area contributed by atoms with Gasteiger partial charge >= 0.3 is 0 Å². The zero-order valence-corrected chi connectivity index (χ0v) is 12.7. The van der Waals surface area contributed by atoms with Gasteiger partial charge in [0.1, 0.15) is 0 Å². The highest BCUT2D eigenvalue weighted by molar-refractivity contribution is 9.10. The molecule has 0 aliphatic rings. The molecular weight excluding hydrogens is 322 g/mol. The topological polar surface area (TPSA) is 61.5 Å². The normalized spacial score (nSPS) is 10.2. The van der Waals surface area contributed by atoms with Gasteiger partial charge < -0.3 is 15.2 Å². The predicted octanol–water partition coefficient (Wildman–Crippen LogP) is 3.23. The molecule has 0 aliphatic heterocycles. The number of hydrogen-bond donors (Lipinski definition) is 1. The minimum Gasteiger partial charge on any atom is -0.493 e. The first kappa shape index (κ1) is 14.4. The minimum absolute atomic E-state index is 0.459. The summed E-state index contributed by atoms with van der Waals surface area (Å²) < 4.78 is 11.3. The Bertz CT molecular complexity index is 656. The third kappa shape index (κ3) is 2.63. The lowest BCUT2D eigenvalue weighted by atomic mass is 9.99.